The van der Waals surface area contributed by atoms with Gasteiger partial charge in [0.1, 0.15) is 0 Å². The van der Waals surface area contributed by atoms with Crippen LogP contribution in [0.5, 0.6) is 0 Å². The van der Waals surface area contributed by atoms with Gasteiger partial charge in [0.05, 0.1) is 0 Å². The number of hydroxylamine groups is 1. The summed E-state index contributed by atoms with van der Waals surface area (Å²) in [6.45, 7) is 1.99. The smallest absolute Gasteiger partial charge is 0.0444 e. The van der Waals surface area contributed by atoms with Crippen molar-refractivity contribution in [1.29, 1.82) is 0 Å². The fourth-order valence-corrected chi connectivity index (χ4v) is 0.962. The maximum atomic E-state index is 8.40. The molecule has 1 atom stereocenters. The number of hydrogen-bond acceptors (Lipinski definition) is 3. The molecular formula is C5H12N2O. The number of nitrogens with one attached hydrogen (secondary N) is 2. The van der Waals surface area contributed by atoms with Crippen LogP contribution in [0, 0.1) is 0 Å². The van der Waals surface area contributed by atoms with Gasteiger partial charge in [-0.15, -0.1) is 0 Å². The molecular weight excluding hydrogens is 104 g/mol. The molecule has 0 aromatic heterocycles. The molecule has 0 radical (unpaired) electrons. The Morgan fingerprint density at radius 1 is 1.62 bits per heavy atom. The molecule has 0 aliphatic carbocycles. The van der Waals surface area contributed by atoms with Gasteiger partial charge >= 0.3 is 0 Å². The summed E-state index contributed by atoms with van der Waals surface area (Å²) in [5.74, 6) is 0. The second-order valence-electron chi connectivity index (χ2n) is 2.17. The van der Waals surface area contributed by atoms with E-state index in [0.717, 1.165) is 25.9 Å². The molecule has 0 saturated carbocycles. The molecule has 8 heavy (non-hydrogen) atoms. The summed E-state index contributed by atoms with van der Waals surface area (Å²) >= 11 is 0. The summed E-state index contributed by atoms with van der Waals surface area (Å²) in [7, 11) is 0. The molecule has 3 N–H and O–H groups in total. The highest BCUT2D eigenvalue weighted by molar-refractivity contribution is 4.70. The van der Waals surface area contributed by atoms with E-state index in [-0.39, 0.29) is 6.04 Å². The SMILES string of the molecule is ON[C@H]1CCCNC1. The molecule has 0 spiro atoms. The standard InChI is InChI=1S/C5H12N2O/c8-7-5-2-1-3-6-4-5/h5-8H,1-4H2/t5-/m0/s1. The van der Waals surface area contributed by atoms with Crippen molar-refractivity contribution < 1.29 is 5.21 Å². The van der Waals surface area contributed by atoms with Crippen LogP contribution < -0.4 is 10.8 Å². The summed E-state index contributed by atoms with van der Waals surface area (Å²) in [4.78, 5) is 0. The van der Waals surface area contributed by atoms with E-state index >= 15 is 0 Å². The van der Waals surface area contributed by atoms with Gasteiger partial charge in [0.2, 0.25) is 0 Å². The average Bonchev–Trinajstić information content (AvgIpc) is 1.90. The van der Waals surface area contributed by atoms with E-state index in [1.54, 1.807) is 0 Å². The Morgan fingerprint density at radius 2 is 2.50 bits per heavy atom. The van der Waals surface area contributed by atoms with Gasteiger partial charge in [-0.1, -0.05) is 0 Å². The quantitative estimate of drug-likeness (QED) is 0.413. The lowest BCUT2D eigenvalue weighted by Crippen LogP contribution is -2.41. The average molecular weight is 116 g/mol. The largest absolute Gasteiger partial charge is 0.316 e. The molecule has 3 heteroatoms. The second kappa shape index (κ2) is 3.02. The Labute approximate surface area is 49.0 Å². The molecule has 3 nitrogen and oxygen atoms in total. The van der Waals surface area contributed by atoms with Gasteiger partial charge in [-0.25, -0.2) is 5.48 Å². The predicted molar refractivity (Wildman–Crippen MR) is 30.8 cm³/mol. The first-order valence-electron chi connectivity index (χ1n) is 3.04. The zero-order chi connectivity index (χ0) is 5.82. The van der Waals surface area contributed by atoms with E-state index in [1.165, 1.54) is 0 Å². The van der Waals surface area contributed by atoms with E-state index in [9.17, 15) is 0 Å². The Bertz CT molecular complexity index is 61.4. The third-order valence-electron chi connectivity index (χ3n) is 1.48. The van der Waals surface area contributed by atoms with Gasteiger partial charge in [0.15, 0.2) is 0 Å². The Balaban J connectivity index is 2.13. The number of hydrogen-bond donors (Lipinski definition) is 3. The zero-order valence-corrected chi connectivity index (χ0v) is 4.85. The van der Waals surface area contributed by atoms with E-state index in [2.05, 4.69) is 10.8 Å². The summed E-state index contributed by atoms with van der Waals surface area (Å²) in [5.41, 5.74) is 2.24. The molecule has 1 fully saturated rings. The van der Waals surface area contributed by atoms with Crippen LogP contribution in [0.25, 0.3) is 0 Å². The van der Waals surface area contributed by atoms with Crippen LogP contribution in [0.2, 0.25) is 0 Å². The van der Waals surface area contributed by atoms with Gasteiger partial charge in [-0.05, 0) is 19.4 Å². The molecule has 0 aromatic carbocycles. The van der Waals surface area contributed by atoms with Crippen molar-refractivity contribution in [3.05, 3.63) is 0 Å². The Morgan fingerprint density at radius 3 is 2.88 bits per heavy atom. The molecule has 1 aliphatic rings. The van der Waals surface area contributed by atoms with Crippen molar-refractivity contribution in [3.8, 4) is 0 Å². The Kier molecular flexibility index (Phi) is 2.27. The van der Waals surface area contributed by atoms with Crippen molar-refractivity contribution >= 4 is 0 Å². The predicted octanol–water partition coefficient (Wildman–Crippen LogP) is -0.283. The van der Waals surface area contributed by atoms with Crippen molar-refractivity contribution in [2.45, 2.75) is 18.9 Å². The Hall–Kier alpha value is -0.120. The van der Waals surface area contributed by atoms with Gasteiger partial charge in [0.25, 0.3) is 0 Å². The van der Waals surface area contributed by atoms with Crippen molar-refractivity contribution in [2.75, 3.05) is 13.1 Å². The molecule has 0 unspecified atom stereocenters. The summed E-state index contributed by atoms with van der Waals surface area (Å²) in [5, 5.41) is 11.6. The summed E-state index contributed by atoms with van der Waals surface area (Å²) in [6.07, 6.45) is 2.25. The summed E-state index contributed by atoms with van der Waals surface area (Å²) < 4.78 is 0. The molecule has 0 amide bonds. The normalized spacial score (nSPS) is 30.4. The minimum atomic E-state index is 0.281. The minimum absolute atomic E-state index is 0.281. The first kappa shape index (κ1) is 6.01. The van der Waals surface area contributed by atoms with Crippen LogP contribution in [0.1, 0.15) is 12.8 Å². The van der Waals surface area contributed by atoms with Crippen LogP contribution >= 0.6 is 0 Å². The molecule has 1 aliphatic heterocycles. The third kappa shape index (κ3) is 1.43. The van der Waals surface area contributed by atoms with Crippen molar-refractivity contribution in [3.63, 3.8) is 0 Å². The van der Waals surface area contributed by atoms with Gasteiger partial charge in [0, 0.05) is 12.6 Å². The van der Waals surface area contributed by atoms with Gasteiger partial charge in [-0.3, -0.25) is 0 Å². The monoisotopic (exact) mass is 116 g/mol. The van der Waals surface area contributed by atoms with E-state index in [1.807, 2.05) is 0 Å². The van der Waals surface area contributed by atoms with Crippen LogP contribution in [0.15, 0.2) is 0 Å². The molecule has 1 rings (SSSR count). The summed E-state index contributed by atoms with van der Waals surface area (Å²) in [6, 6.07) is 0.281. The number of piperidine rings is 1. The fraction of sp³-hybridized carbons (Fsp3) is 1.00. The zero-order valence-electron chi connectivity index (χ0n) is 4.85. The highest BCUT2D eigenvalue weighted by Gasteiger charge is 2.09. The molecule has 0 bridgehead atoms. The van der Waals surface area contributed by atoms with Crippen molar-refractivity contribution in [2.24, 2.45) is 0 Å². The van der Waals surface area contributed by atoms with Crippen molar-refractivity contribution in [1.82, 2.24) is 10.8 Å². The van der Waals surface area contributed by atoms with Crippen LogP contribution in [0.3, 0.4) is 0 Å². The van der Waals surface area contributed by atoms with Gasteiger partial charge < -0.3 is 10.5 Å². The lowest BCUT2D eigenvalue weighted by molar-refractivity contribution is 0.113. The highest BCUT2D eigenvalue weighted by atomic mass is 16.5. The third-order valence-corrected chi connectivity index (χ3v) is 1.48. The molecule has 48 valence electrons. The van der Waals surface area contributed by atoms with Crippen LogP contribution in [-0.4, -0.2) is 24.3 Å². The molecule has 1 saturated heterocycles. The molecule has 1 heterocycles. The number of rotatable bonds is 1. The van der Waals surface area contributed by atoms with E-state index in [0.29, 0.717) is 0 Å². The first-order valence-corrected chi connectivity index (χ1v) is 3.04. The topological polar surface area (TPSA) is 44.3 Å². The fourth-order valence-electron chi connectivity index (χ4n) is 0.962. The van der Waals surface area contributed by atoms with Crippen LogP contribution in [-0.2, 0) is 0 Å². The maximum absolute atomic E-state index is 8.40. The lowest BCUT2D eigenvalue weighted by Gasteiger charge is -2.20. The van der Waals surface area contributed by atoms with E-state index in [4.69, 9.17) is 5.21 Å². The first-order chi connectivity index (χ1) is 3.93. The highest BCUT2D eigenvalue weighted by Crippen LogP contribution is 1.98. The second-order valence-corrected chi connectivity index (χ2v) is 2.17. The van der Waals surface area contributed by atoms with Crippen LogP contribution in [0.4, 0.5) is 0 Å². The molecule has 0 aromatic rings. The van der Waals surface area contributed by atoms with Gasteiger partial charge in [-0.2, -0.15) is 0 Å². The van der Waals surface area contributed by atoms with E-state index < -0.39 is 0 Å². The minimum Gasteiger partial charge on any atom is -0.316 e. The maximum Gasteiger partial charge on any atom is 0.0444 e. The lowest BCUT2D eigenvalue weighted by atomic mass is 10.1.